The molecule has 0 aliphatic heterocycles. The molecule has 0 unspecified atom stereocenters. The number of nitrogens with one attached hydrogen (secondary N) is 1. The maximum absolute atomic E-state index is 12.8. The number of aryl methyl sites for hydroxylation is 4. The van der Waals surface area contributed by atoms with Gasteiger partial charge in [-0.1, -0.05) is 29.4 Å². The number of fused-ring (bicyclic) bond motifs is 3. The van der Waals surface area contributed by atoms with Crippen LogP contribution in [0.5, 0.6) is 0 Å². The molecule has 4 rings (SSSR count). The molecule has 0 saturated carbocycles. The van der Waals surface area contributed by atoms with Gasteiger partial charge in [0, 0.05) is 10.4 Å². The molecule has 1 aliphatic carbocycles. The molecule has 0 saturated heterocycles. The van der Waals surface area contributed by atoms with Gasteiger partial charge in [-0.2, -0.15) is 0 Å². The largest absolute Gasteiger partial charge is 0.365 e. The number of hydrogen-bond donors (Lipinski definition) is 2. The van der Waals surface area contributed by atoms with E-state index in [2.05, 4.69) is 16.5 Å². The molecule has 138 valence electrons. The third-order valence-corrected chi connectivity index (χ3v) is 6.02. The van der Waals surface area contributed by atoms with Gasteiger partial charge in [0.25, 0.3) is 11.8 Å². The second kappa shape index (κ2) is 6.66. The normalized spacial score (nSPS) is 12.8. The van der Waals surface area contributed by atoms with E-state index in [-0.39, 0.29) is 5.91 Å². The zero-order valence-corrected chi connectivity index (χ0v) is 15.9. The summed E-state index contributed by atoms with van der Waals surface area (Å²) in [7, 11) is 0. The van der Waals surface area contributed by atoms with Gasteiger partial charge in [-0.05, 0) is 44.2 Å². The molecule has 3 N–H and O–H groups in total. The summed E-state index contributed by atoms with van der Waals surface area (Å²) in [6.45, 7) is 3.39. The fourth-order valence-electron chi connectivity index (χ4n) is 3.66. The van der Waals surface area contributed by atoms with Crippen LogP contribution >= 0.6 is 11.3 Å². The molecule has 2 amide bonds. The third-order valence-electron chi connectivity index (χ3n) is 4.85. The predicted octanol–water partition coefficient (Wildman–Crippen LogP) is 3.86. The SMILES string of the molecule is Cc1noc(C)c1C(=O)Nc1sc2c(c1C(N)=O)-c1ccccc1CCC2. The van der Waals surface area contributed by atoms with Crippen LogP contribution < -0.4 is 11.1 Å². The second-order valence-electron chi connectivity index (χ2n) is 6.63. The minimum Gasteiger partial charge on any atom is -0.365 e. The molecule has 2 heterocycles. The highest BCUT2D eigenvalue weighted by Gasteiger charge is 2.28. The zero-order chi connectivity index (χ0) is 19.1. The quantitative estimate of drug-likeness (QED) is 0.720. The number of primary amides is 1. The van der Waals surface area contributed by atoms with Crippen molar-refractivity contribution in [3.8, 4) is 11.1 Å². The fraction of sp³-hybridized carbons (Fsp3) is 0.250. The van der Waals surface area contributed by atoms with Gasteiger partial charge >= 0.3 is 0 Å². The topological polar surface area (TPSA) is 98.2 Å². The number of nitrogens with two attached hydrogens (primary N) is 1. The van der Waals surface area contributed by atoms with Crippen LogP contribution in [0, 0.1) is 13.8 Å². The molecular formula is C20H19N3O3S. The maximum Gasteiger partial charge on any atom is 0.261 e. The van der Waals surface area contributed by atoms with Crippen molar-refractivity contribution >= 4 is 28.2 Å². The van der Waals surface area contributed by atoms with Crippen molar-refractivity contribution in [3.63, 3.8) is 0 Å². The molecule has 7 heteroatoms. The van der Waals surface area contributed by atoms with E-state index in [1.54, 1.807) is 13.8 Å². The highest BCUT2D eigenvalue weighted by molar-refractivity contribution is 7.17. The number of carbonyl (C=O) groups excluding carboxylic acids is 2. The van der Waals surface area contributed by atoms with E-state index < -0.39 is 5.91 Å². The van der Waals surface area contributed by atoms with Crippen molar-refractivity contribution in [2.75, 3.05) is 5.32 Å². The summed E-state index contributed by atoms with van der Waals surface area (Å²) in [6, 6.07) is 8.05. The molecule has 0 spiro atoms. The number of carbonyl (C=O) groups is 2. The maximum atomic E-state index is 12.8. The fourth-order valence-corrected chi connectivity index (χ4v) is 4.91. The number of rotatable bonds is 3. The predicted molar refractivity (Wildman–Crippen MR) is 104 cm³/mol. The van der Waals surface area contributed by atoms with Crippen LogP contribution in [0.25, 0.3) is 11.1 Å². The lowest BCUT2D eigenvalue weighted by atomic mass is 9.96. The summed E-state index contributed by atoms with van der Waals surface area (Å²) in [5.74, 6) is -0.453. The summed E-state index contributed by atoms with van der Waals surface area (Å²) >= 11 is 1.42. The van der Waals surface area contributed by atoms with E-state index in [9.17, 15) is 9.59 Å². The molecule has 0 radical (unpaired) electrons. The van der Waals surface area contributed by atoms with Crippen LogP contribution in [-0.4, -0.2) is 17.0 Å². The van der Waals surface area contributed by atoms with Crippen LogP contribution in [0.2, 0.25) is 0 Å². The summed E-state index contributed by atoms with van der Waals surface area (Å²) in [5, 5.41) is 7.16. The van der Waals surface area contributed by atoms with E-state index in [0.717, 1.165) is 35.3 Å². The molecule has 1 aromatic carbocycles. The molecule has 0 fully saturated rings. The van der Waals surface area contributed by atoms with Gasteiger partial charge in [-0.25, -0.2) is 0 Å². The van der Waals surface area contributed by atoms with Crippen molar-refractivity contribution in [1.82, 2.24) is 5.16 Å². The Balaban J connectivity index is 1.83. The average molecular weight is 381 g/mol. The van der Waals surface area contributed by atoms with Crippen molar-refractivity contribution in [2.24, 2.45) is 5.73 Å². The van der Waals surface area contributed by atoms with Crippen molar-refractivity contribution in [1.29, 1.82) is 0 Å². The zero-order valence-electron chi connectivity index (χ0n) is 15.1. The first-order valence-corrected chi connectivity index (χ1v) is 9.57. The number of nitrogens with zero attached hydrogens (tertiary/aromatic N) is 1. The number of amides is 2. The molecule has 0 bridgehead atoms. The summed E-state index contributed by atoms with van der Waals surface area (Å²) in [5.41, 5.74) is 10.1. The van der Waals surface area contributed by atoms with Crippen molar-refractivity contribution < 1.29 is 14.1 Å². The Morgan fingerprint density at radius 2 is 1.96 bits per heavy atom. The Bertz CT molecular complexity index is 1050. The molecule has 6 nitrogen and oxygen atoms in total. The number of benzene rings is 1. The van der Waals surface area contributed by atoms with E-state index in [4.69, 9.17) is 10.3 Å². The van der Waals surface area contributed by atoms with Gasteiger partial charge in [0.15, 0.2) is 0 Å². The lowest BCUT2D eigenvalue weighted by Crippen LogP contribution is -2.18. The first-order valence-electron chi connectivity index (χ1n) is 8.75. The number of anilines is 1. The third kappa shape index (κ3) is 2.94. The molecule has 2 aromatic heterocycles. The van der Waals surface area contributed by atoms with Gasteiger partial charge in [0.2, 0.25) is 0 Å². The number of hydrogen-bond acceptors (Lipinski definition) is 5. The van der Waals surface area contributed by atoms with Gasteiger partial charge in [0.05, 0.1) is 11.3 Å². The first kappa shape index (κ1) is 17.5. The van der Waals surface area contributed by atoms with Crippen molar-refractivity contribution in [2.45, 2.75) is 33.1 Å². The summed E-state index contributed by atoms with van der Waals surface area (Å²) in [6.07, 6.45) is 2.78. The molecule has 1 aliphatic rings. The van der Waals surface area contributed by atoms with Crippen LogP contribution in [0.3, 0.4) is 0 Å². The molecular weight excluding hydrogens is 362 g/mol. The smallest absolute Gasteiger partial charge is 0.261 e. The Hall–Kier alpha value is -2.93. The molecule has 27 heavy (non-hydrogen) atoms. The lowest BCUT2D eigenvalue weighted by Gasteiger charge is -2.09. The Labute approximate surface area is 160 Å². The Morgan fingerprint density at radius 3 is 2.67 bits per heavy atom. The number of aromatic nitrogens is 1. The van der Waals surface area contributed by atoms with Crippen LogP contribution in [0.15, 0.2) is 28.8 Å². The van der Waals surface area contributed by atoms with Crippen LogP contribution in [0.4, 0.5) is 5.00 Å². The van der Waals surface area contributed by atoms with Crippen LogP contribution in [-0.2, 0) is 12.8 Å². The molecule has 0 atom stereocenters. The van der Waals surface area contributed by atoms with Gasteiger partial charge < -0.3 is 15.6 Å². The standard InChI is InChI=1S/C20H19N3O3S/c1-10-15(11(2)26-23-10)19(25)22-20-17(18(21)24)16-13-8-4-3-6-12(13)7-5-9-14(16)27-20/h3-4,6,8H,5,7,9H2,1-2H3,(H2,21,24)(H,22,25). The van der Waals surface area contributed by atoms with Gasteiger partial charge in [-0.3, -0.25) is 9.59 Å². The highest BCUT2D eigenvalue weighted by atomic mass is 32.1. The summed E-state index contributed by atoms with van der Waals surface area (Å²) in [4.78, 5) is 26.2. The van der Waals surface area contributed by atoms with E-state index in [0.29, 0.717) is 27.6 Å². The van der Waals surface area contributed by atoms with Gasteiger partial charge in [0.1, 0.15) is 16.3 Å². The van der Waals surface area contributed by atoms with Crippen molar-refractivity contribution in [3.05, 3.63) is 57.3 Å². The second-order valence-corrected chi connectivity index (χ2v) is 7.74. The van der Waals surface area contributed by atoms with E-state index in [1.807, 2.05) is 18.2 Å². The van der Waals surface area contributed by atoms with E-state index in [1.165, 1.54) is 16.9 Å². The first-order chi connectivity index (χ1) is 13.0. The Kier molecular flexibility index (Phi) is 4.31. The summed E-state index contributed by atoms with van der Waals surface area (Å²) < 4.78 is 5.08. The van der Waals surface area contributed by atoms with Gasteiger partial charge in [-0.15, -0.1) is 11.3 Å². The number of thiophene rings is 1. The molecule has 3 aromatic rings. The average Bonchev–Trinajstić information content (AvgIpc) is 3.09. The van der Waals surface area contributed by atoms with E-state index >= 15 is 0 Å². The highest BCUT2D eigenvalue weighted by Crippen LogP contribution is 2.44. The minimum atomic E-state index is -0.543. The van der Waals surface area contributed by atoms with Crippen LogP contribution in [0.1, 0.15) is 49.0 Å². The Morgan fingerprint density at radius 1 is 1.19 bits per heavy atom. The lowest BCUT2D eigenvalue weighted by molar-refractivity contribution is 0.100. The monoisotopic (exact) mass is 381 g/mol. The minimum absolute atomic E-state index is 0.349.